The molecule has 2 N–H and O–H groups in total. The molecule has 0 atom stereocenters. The van der Waals surface area contributed by atoms with Crippen LogP contribution in [0.4, 0.5) is 0 Å². The van der Waals surface area contributed by atoms with E-state index in [1.807, 2.05) is 30.6 Å². The Bertz CT molecular complexity index is 427. The molecule has 0 spiro atoms. The van der Waals surface area contributed by atoms with Crippen LogP contribution >= 0.6 is 11.8 Å². The van der Waals surface area contributed by atoms with Gasteiger partial charge in [0, 0.05) is 30.9 Å². The first-order chi connectivity index (χ1) is 7.90. The highest BCUT2D eigenvalue weighted by Crippen LogP contribution is 2.15. The van der Waals surface area contributed by atoms with Gasteiger partial charge in [-0.1, -0.05) is 17.8 Å². The van der Waals surface area contributed by atoms with Crippen molar-refractivity contribution < 1.29 is 0 Å². The molecule has 0 aromatic carbocycles. The van der Waals surface area contributed by atoms with Crippen LogP contribution in [0.15, 0.2) is 41.9 Å². The quantitative estimate of drug-likeness (QED) is 0.794. The molecule has 0 aliphatic rings. The summed E-state index contributed by atoms with van der Waals surface area (Å²) in [6.45, 7) is 1.43. The molecule has 16 heavy (non-hydrogen) atoms. The van der Waals surface area contributed by atoms with Crippen LogP contribution in [0, 0.1) is 0 Å². The van der Waals surface area contributed by atoms with E-state index in [0.29, 0.717) is 6.54 Å². The second-order valence-electron chi connectivity index (χ2n) is 3.30. The highest BCUT2D eigenvalue weighted by molar-refractivity contribution is 7.99. The predicted molar refractivity (Wildman–Crippen MR) is 65.3 cm³/mol. The van der Waals surface area contributed by atoms with Gasteiger partial charge in [0.2, 0.25) is 0 Å². The van der Waals surface area contributed by atoms with E-state index in [0.717, 1.165) is 23.1 Å². The van der Waals surface area contributed by atoms with Gasteiger partial charge in [-0.05, 0) is 12.1 Å². The lowest BCUT2D eigenvalue weighted by Gasteiger charge is -2.06. The van der Waals surface area contributed by atoms with Crippen molar-refractivity contribution in [2.45, 2.75) is 11.7 Å². The normalized spacial score (nSPS) is 10.6. The minimum Gasteiger partial charge on any atom is -0.330 e. The van der Waals surface area contributed by atoms with E-state index in [1.165, 1.54) is 0 Å². The molecule has 0 saturated carbocycles. The molecule has 0 aliphatic carbocycles. The topological polar surface area (TPSA) is 56.7 Å². The number of rotatable bonds is 5. The molecule has 0 fully saturated rings. The van der Waals surface area contributed by atoms with Gasteiger partial charge in [-0.3, -0.25) is 4.98 Å². The number of hydrogen-bond acceptors (Lipinski definition) is 4. The van der Waals surface area contributed by atoms with Crippen molar-refractivity contribution in [3.05, 3.63) is 42.5 Å². The third-order valence-corrected chi connectivity index (χ3v) is 3.12. The first-order valence-electron chi connectivity index (χ1n) is 5.14. The first kappa shape index (κ1) is 11.2. The van der Waals surface area contributed by atoms with Crippen LogP contribution < -0.4 is 5.73 Å². The van der Waals surface area contributed by atoms with Crippen LogP contribution in [-0.4, -0.2) is 26.8 Å². The maximum atomic E-state index is 5.48. The fourth-order valence-corrected chi connectivity index (χ4v) is 2.10. The molecular formula is C11H14N4S. The summed E-state index contributed by atoms with van der Waals surface area (Å²) in [6, 6.07) is 5.92. The highest BCUT2D eigenvalue weighted by atomic mass is 32.2. The Morgan fingerprint density at radius 1 is 1.25 bits per heavy atom. The Morgan fingerprint density at radius 3 is 2.94 bits per heavy atom. The number of pyridine rings is 1. The molecule has 0 radical (unpaired) electrons. The number of hydrogen-bond donors (Lipinski definition) is 1. The number of nitrogens with zero attached hydrogens (tertiary/aromatic N) is 3. The maximum absolute atomic E-state index is 5.48. The van der Waals surface area contributed by atoms with Crippen LogP contribution in [0.2, 0.25) is 0 Å². The van der Waals surface area contributed by atoms with Gasteiger partial charge >= 0.3 is 0 Å². The van der Waals surface area contributed by atoms with Crippen molar-refractivity contribution >= 4 is 11.8 Å². The summed E-state index contributed by atoms with van der Waals surface area (Å²) >= 11 is 1.67. The molecule has 0 amide bonds. The van der Waals surface area contributed by atoms with E-state index in [2.05, 4.69) is 14.5 Å². The second-order valence-corrected chi connectivity index (χ2v) is 4.36. The highest BCUT2D eigenvalue weighted by Gasteiger charge is 2.03. The number of imidazole rings is 1. The second kappa shape index (κ2) is 5.67. The zero-order chi connectivity index (χ0) is 11.2. The Labute approximate surface area is 98.9 Å². The van der Waals surface area contributed by atoms with E-state index in [9.17, 15) is 0 Å². The van der Waals surface area contributed by atoms with Gasteiger partial charge in [-0.15, -0.1) is 0 Å². The lowest BCUT2D eigenvalue weighted by Crippen LogP contribution is -2.05. The molecule has 2 aromatic heterocycles. The molecule has 2 aromatic rings. The summed E-state index contributed by atoms with van der Waals surface area (Å²) in [6.07, 6.45) is 5.58. The standard InChI is InChI=1S/C11H14N4S/c12-4-8-16-11-14-6-7-15(11)9-10-3-1-2-5-13-10/h1-3,5-7H,4,8-9,12H2. The largest absolute Gasteiger partial charge is 0.330 e. The lowest BCUT2D eigenvalue weighted by atomic mass is 10.3. The Hall–Kier alpha value is -1.33. The van der Waals surface area contributed by atoms with Gasteiger partial charge in [-0.2, -0.15) is 0 Å². The van der Waals surface area contributed by atoms with Crippen molar-refractivity contribution in [3.63, 3.8) is 0 Å². The average molecular weight is 234 g/mol. The van der Waals surface area contributed by atoms with Crippen LogP contribution in [0.5, 0.6) is 0 Å². The number of nitrogens with two attached hydrogens (primary N) is 1. The van der Waals surface area contributed by atoms with E-state index >= 15 is 0 Å². The van der Waals surface area contributed by atoms with Crippen molar-refractivity contribution in [3.8, 4) is 0 Å². The van der Waals surface area contributed by atoms with E-state index in [4.69, 9.17) is 5.73 Å². The lowest BCUT2D eigenvalue weighted by molar-refractivity contribution is 0.693. The minimum atomic E-state index is 0.668. The Balaban J connectivity index is 2.07. The maximum Gasteiger partial charge on any atom is 0.168 e. The summed E-state index contributed by atoms with van der Waals surface area (Å²) in [7, 11) is 0. The predicted octanol–water partition coefficient (Wildman–Crippen LogP) is 1.38. The molecule has 0 aliphatic heterocycles. The van der Waals surface area contributed by atoms with E-state index in [-0.39, 0.29) is 0 Å². The molecule has 0 saturated heterocycles. The minimum absolute atomic E-state index is 0.668. The summed E-state index contributed by atoms with van der Waals surface area (Å²) in [5.41, 5.74) is 6.51. The van der Waals surface area contributed by atoms with E-state index in [1.54, 1.807) is 18.0 Å². The zero-order valence-electron chi connectivity index (χ0n) is 8.91. The van der Waals surface area contributed by atoms with Gasteiger partial charge in [-0.25, -0.2) is 4.98 Å². The molecule has 0 bridgehead atoms. The zero-order valence-corrected chi connectivity index (χ0v) is 9.73. The monoisotopic (exact) mass is 234 g/mol. The molecule has 84 valence electrons. The third-order valence-electron chi connectivity index (χ3n) is 2.08. The summed E-state index contributed by atoms with van der Waals surface area (Å²) in [5, 5.41) is 0.996. The van der Waals surface area contributed by atoms with Crippen molar-refractivity contribution in [1.29, 1.82) is 0 Å². The van der Waals surface area contributed by atoms with Crippen LogP contribution in [0.3, 0.4) is 0 Å². The van der Waals surface area contributed by atoms with Gasteiger partial charge < -0.3 is 10.3 Å². The first-order valence-corrected chi connectivity index (χ1v) is 6.12. The van der Waals surface area contributed by atoms with Crippen LogP contribution in [-0.2, 0) is 6.54 Å². The van der Waals surface area contributed by atoms with Crippen LogP contribution in [0.25, 0.3) is 0 Å². The SMILES string of the molecule is NCCSc1nccn1Cc1ccccn1. The molecule has 5 heteroatoms. The van der Waals surface area contributed by atoms with E-state index < -0.39 is 0 Å². The number of aromatic nitrogens is 3. The molecule has 2 heterocycles. The Kier molecular flexibility index (Phi) is 3.96. The van der Waals surface area contributed by atoms with Crippen molar-refractivity contribution in [2.75, 3.05) is 12.3 Å². The molecule has 0 unspecified atom stereocenters. The number of thioether (sulfide) groups is 1. The molecule has 4 nitrogen and oxygen atoms in total. The fourth-order valence-electron chi connectivity index (χ4n) is 1.37. The fraction of sp³-hybridized carbons (Fsp3) is 0.273. The van der Waals surface area contributed by atoms with Crippen LogP contribution in [0.1, 0.15) is 5.69 Å². The average Bonchev–Trinajstić information content (AvgIpc) is 2.75. The molecular weight excluding hydrogens is 220 g/mol. The Morgan fingerprint density at radius 2 is 2.19 bits per heavy atom. The summed E-state index contributed by atoms with van der Waals surface area (Å²) in [4.78, 5) is 8.58. The molecule has 2 rings (SSSR count). The van der Waals surface area contributed by atoms with Gasteiger partial charge in [0.1, 0.15) is 0 Å². The summed E-state index contributed by atoms with van der Waals surface area (Å²) < 4.78 is 2.09. The summed E-state index contributed by atoms with van der Waals surface area (Å²) in [5.74, 6) is 0.888. The smallest absolute Gasteiger partial charge is 0.168 e. The van der Waals surface area contributed by atoms with Crippen molar-refractivity contribution in [2.24, 2.45) is 5.73 Å². The van der Waals surface area contributed by atoms with Gasteiger partial charge in [0.15, 0.2) is 5.16 Å². The third kappa shape index (κ3) is 2.84. The van der Waals surface area contributed by atoms with Gasteiger partial charge in [0.25, 0.3) is 0 Å². The van der Waals surface area contributed by atoms with Gasteiger partial charge in [0.05, 0.1) is 12.2 Å². The van der Waals surface area contributed by atoms with Crippen molar-refractivity contribution in [1.82, 2.24) is 14.5 Å².